The molecule has 1 N–H and O–H groups in total. The van der Waals surface area contributed by atoms with Crippen LogP contribution in [0, 0.1) is 11.7 Å². The third-order valence-electron chi connectivity index (χ3n) is 3.93. The predicted molar refractivity (Wildman–Crippen MR) is 69.5 cm³/mol. The monoisotopic (exact) mass is 263 g/mol. The highest BCUT2D eigenvalue weighted by atomic mass is 19.1. The van der Waals surface area contributed by atoms with E-state index in [1.807, 2.05) is 0 Å². The van der Waals surface area contributed by atoms with Crippen LogP contribution >= 0.6 is 0 Å². The van der Waals surface area contributed by atoms with Crippen molar-refractivity contribution in [2.24, 2.45) is 5.92 Å². The molecule has 3 nitrogen and oxygen atoms in total. The van der Waals surface area contributed by atoms with Gasteiger partial charge in [-0.05, 0) is 49.3 Å². The second-order valence-electron chi connectivity index (χ2n) is 5.71. The maximum Gasteiger partial charge on any atom is 0.336 e. The Morgan fingerprint density at radius 2 is 2.05 bits per heavy atom. The molecule has 0 radical (unpaired) electrons. The molecule has 0 bridgehead atoms. The van der Waals surface area contributed by atoms with E-state index in [0.717, 1.165) is 24.1 Å². The summed E-state index contributed by atoms with van der Waals surface area (Å²) in [5.41, 5.74) is 0.822. The summed E-state index contributed by atoms with van der Waals surface area (Å²) in [5, 5.41) is 9.17. The lowest BCUT2D eigenvalue weighted by atomic mass is 10.1. The average molecular weight is 263 g/mol. The van der Waals surface area contributed by atoms with Gasteiger partial charge in [-0.2, -0.15) is 0 Å². The second kappa shape index (κ2) is 4.93. The molecule has 0 aromatic heterocycles. The van der Waals surface area contributed by atoms with Crippen LogP contribution in [-0.2, 0) is 6.54 Å². The molecular formula is C15H18FNO2. The summed E-state index contributed by atoms with van der Waals surface area (Å²) in [6.07, 6.45) is 4.99. The Morgan fingerprint density at radius 3 is 2.63 bits per heavy atom. The molecule has 2 aliphatic rings. The number of hydrogen-bond acceptors (Lipinski definition) is 2. The molecular weight excluding hydrogens is 245 g/mol. The van der Waals surface area contributed by atoms with Crippen molar-refractivity contribution in [3.05, 3.63) is 35.1 Å². The third-order valence-corrected chi connectivity index (χ3v) is 3.93. The second-order valence-corrected chi connectivity index (χ2v) is 5.71. The van der Waals surface area contributed by atoms with Crippen molar-refractivity contribution in [1.82, 2.24) is 4.90 Å². The molecule has 4 heteroatoms. The number of benzene rings is 1. The summed E-state index contributed by atoms with van der Waals surface area (Å²) in [6, 6.07) is 4.69. The van der Waals surface area contributed by atoms with Crippen molar-refractivity contribution in [3.63, 3.8) is 0 Å². The van der Waals surface area contributed by atoms with Gasteiger partial charge in [-0.25, -0.2) is 9.18 Å². The highest BCUT2D eigenvalue weighted by Crippen LogP contribution is 2.35. The molecule has 3 rings (SSSR count). The Bertz CT molecular complexity index is 495. The van der Waals surface area contributed by atoms with Crippen molar-refractivity contribution >= 4 is 5.97 Å². The zero-order chi connectivity index (χ0) is 13.4. The van der Waals surface area contributed by atoms with E-state index < -0.39 is 11.8 Å². The molecule has 0 atom stereocenters. The molecule has 0 saturated heterocycles. The van der Waals surface area contributed by atoms with Gasteiger partial charge >= 0.3 is 5.97 Å². The van der Waals surface area contributed by atoms with Gasteiger partial charge < -0.3 is 5.11 Å². The van der Waals surface area contributed by atoms with Crippen LogP contribution in [0.1, 0.15) is 41.6 Å². The lowest BCUT2D eigenvalue weighted by Crippen LogP contribution is -2.28. The number of rotatable bonds is 6. The first-order valence-corrected chi connectivity index (χ1v) is 6.89. The zero-order valence-corrected chi connectivity index (χ0v) is 10.8. The topological polar surface area (TPSA) is 40.5 Å². The predicted octanol–water partition coefficient (Wildman–Crippen LogP) is 2.90. The normalized spacial score (nSPS) is 18.8. The molecule has 2 saturated carbocycles. The molecule has 0 aliphatic heterocycles. The number of hydrogen-bond donors (Lipinski definition) is 1. The van der Waals surface area contributed by atoms with E-state index in [9.17, 15) is 9.18 Å². The summed E-state index contributed by atoms with van der Waals surface area (Å²) in [6.45, 7) is 1.68. The van der Waals surface area contributed by atoms with Gasteiger partial charge in [0.05, 0.1) is 5.56 Å². The number of carboxylic acids is 1. The number of carbonyl (C=O) groups is 1. The van der Waals surface area contributed by atoms with Crippen LogP contribution in [0.15, 0.2) is 18.2 Å². The van der Waals surface area contributed by atoms with Gasteiger partial charge in [0.1, 0.15) is 5.82 Å². The summed E-state index contributed by atoms with van der Waals surface area (Å²) >= 11 is 0. The fraction of sp³-hybridized carbons (Fsp3) is 0.533. The summed E-state index contributed by atoms with van der Waals surface area (Å²) in [5.74, 6) is -0.743. The molecule has 0 spiro atoms. The highest BCUT2D eigenvalue weighted by molar-refractivity contribution is 5.89. The minimum atomic E-state index is -1.04. The van der Waals surface area contributed by atoms with Gasteiger partial charge in [-0.15, -0.1) is 0 Å². The van der Waals surface area contributed by atoms with Gasteiger partial charge in [0.2, 0.25) is 0 Å². The maximum atomic E-state index is 13.2. The molecule has 0 heterocycles. The van der Waals surface area contributed by atoms with Gasteiger partial charge in [-0.3, -0.25) is 4.90 Å². The Kier molecular flexibility index (Phi) is 3.27. The van der Waals surface area contributed by atoms with Crippen molar-refractivity contribution in [1.29, 1.82) is 0 Å². The zero-order valence-electron chi connectivity index (χ0n) is 10.8. The number of aromatic carboxylic acids is 1. The highest BCUT2D eigenvalue weighted by Gasteiger charge is 2.34. The van der Waals surface area contributed by atoms with E-state index in [2.05, 4.69) is 4.90 Å². The molecule has 1 aromatic carbocycles. The maximum absolute atomic E-state index is 13.2. The van der Waals surface area contributed by atoms with Crippen molar-refractivity contribution in [2.45, 2.75) is 38.3 Å². The van der Waals surface area contributed by atoms with Crippen LogP contribution in [0.4, 0.5) is 4.39 Å². The van der Waals surface area contributed by atoms with E-state index in [0.29, 0.717) is 12.6 Å². The lowest BCUT2D eigenvalue weighted by Gasteiger charge is -2.22. The fourth-order valence-corrected chi connectivity index (χ4v) is 2.52. The molecule has 2 fully saturated rings. The molecule has 1 aromatic rings. The molecule has 0 amide bonds. The van der Waals surface area contributed by atoms with E-state index in [4.69, 9.17) is 5.11 Å². The van der Waals surface area contributed by atoms with Crippen LogP contribution in [0.3, 0.4) is 0 Å². The van der Waals surface area contributed by atoms with Gasteiger partial charge in [0.15, 0.2) is 0 Å². The Hall–Kier alpha value is -1.42. The summed E-state index contributed by atoms with van der Waals surface area (Å²) in [7, 11) is 0. The quantitative estimate of drug-likeness (QED) is 0.858. The van der Waals surface area contributed by atoms with Crippen LogP contribution < -0.4 is 0 Å². The minimum Gasteiger partial charge on any atom is -0.478 e. The number of carboxylic acid groups (broad SMARTS) is 1. The van der Waals surface area contributed by atoms with Crippen molar-refractivity contribution in [3.8, 4) is 0 Å². The van der Waals surface area contributed by atoms with E-state index in [-0.39, 0.29) is 5.56 Å². The first kappa shape index (κ1) is 12.6. The van der Waals surface area contributed by atoms with Gasteiger partial charge in [-0.1, -0.05) is 6.07 Å². The van der Waals surface area contributed by atoms with Crippen LogP contribution in [0.2, 0.25) is 0 Å². The van der Waals surface area contributed by atoms with Crippen LogP contribution in [-0.4, -0.2) is 28.6 Å². The first-order chi connectivity index (χ1) is 9.13. The first-order valence-electron chi connectivity index (χ1n) is 6.89. The van der Waals surface area contributed by atoms with E-state index in [1.165, 1.54) is 31.7 Å². The largest absolute Gasteiger partial charge is 0.478 e. The molecule has 19 heavy (non-hydrogen) atoms. The van der Waals surface area contributed by atoms with E-state index >= 15 is 0 Å². The summed E-state index contributed by atoms with van der Waals surface area (Å²) < 4.78 is 13.2. The summed E-state index contributed by atoms with van der Waals surface area (Å²) in [4.78, 5) is 13.6. The van der Waals surface area contributed by atoms with Crippen LogP contribution in [0.5, 0.6) is 0 Å². The fourth-order valence-electron chi connectivity index (χ4n) is 2.52. The minimum absolute atomic E-state index is 0.0986. The molecule has 2 aliphatic carbocycles. The van der Waals surface area contributed by atoms with Crippen molar-refractivity contribution in [2.75, 3.05) is 6.54 Å². The standard InChI is InChI=1S/C15H18FNO2/c16-12-4-3-11(14(7-12)15(18)19)9-17(13-5-6-13)8-10-1-2-10/h3-4,7,10,13H,1-2,5-6,8-9H2,(H,18,19). The number of nitrogens with zero attached hydrogens (tertiary/aromatic N) is 1. The smallest absolute Gasteiger partial charge is 0.336 e. The number of halogens is 1. The van der Waals surface area contributed by atoms with Gasteiger partial charge in [0.25, 0.3) is 0 Å². The SMILES string of the molecule is O=C(O)c1cc(F)ccc1CN(CC1CC1)C1CC1. The lowest BCUT2D eigenvalue weighted by molar-refractivity contribution is 0.0693. The van der Waals surface area contributed by atoms with Crippen molar-refractivity contribution < 1.29 is 14.3 Å². The van der Waals surface area contributed by atoms with Crippen LogP contribution in [0.25, 0.3) is 0 Å². The molecule has 0 unspecified atom stereocenters. The Morgan fingerprint density at radius 1 is 1.32 bits per heavy atom. The van der Waals surface area contributed by atoms with Gasteiger partial charge in [0, 0.05) is 19.1 Å². The Labute approximate surface area is 112 Å². The third kappa shape index (κ3) is 3.13. The van der Waals surface area contributed by atoms with E-state index in [1.54, 1.807) is 6.07 Å². The average Bonchev–Trinajstić information content (AvgIpc) is 3.24. The Balaban J connectivity index is 1.78. The molecule has 102 valence electrons.